The Morgan fingerprint density at radius 3 is 2.16 bits per heavy atom. The number of anilines is 1. The predicted octanol–water partition coefficient (Wildman–Crippen LogP) is 3.16. The van der Waals surface area contributed by atoms with Gasteiger partial charge in [0.05, 0.1) is 11.9 Å². The number of nitrogens with one attached hydrogen (secondary N) is 1. The van der Waals surface area contributed by atoms with Crippen molar-refractivity contribution in [2.45, 2.75) is 6.92 Å². The third-order valence-electron chi connectivity index (χ3n) is 2.50. The molecule has 5 heteroatoms. The van der Waals surface area contributed by atoms with Crippen LogP contribution < -0.4 is 9.46 Å². The maximum Gasteiger partial charge on any atom is 0.229 e. The van der Waals surface area contributed by atoms with Gasteiger partial charge < -0.3 is 4.74 Å². The Labute approximate surface area is 113 Å². The molecule has 2 aromatic carbocycles. The van der Waals surface area contributed by atoms with Crippen LogP contribution in [0.5, 0.6) is 11.5 Å². The maximum atomic E-state index is 11.3. The third kappa shape index (κ3) is 3.72. The molecule has 0 atom stereocenters. The first-order valence-corrected chi connectivity index (χ1v) is 7.65. The molecule has 19 heavy (non-hydrogen) atoms. The number of sulfonamides is 1. The molecule has 0 aliphatic rings. The lowest BCUT2D eigenvalue weighted by atomic mass is 10.2. The topological polar surface area (TPSA) is 55.4 Å². The van der Waals surface area contributed by atoms with Crippen molar-refractivity contribution in [2.75, 3.05) is 11.0 Å². The van der Waals surface area contributed by atoms with Crippen molar-refractivity contribution in [1.82, 2.24) is 0 Å². The van der Waals surface area contributed by atoms with Crippen LogP contribution in [0.4, 0.5) is 5.69 Å². The van der Waals surface area contributed by atoms with Gasteiger partial charge in [0.25, 0.3) is 0 Å². The molecule has 2 aromatic rings. The minimum atomic E-state index is -3.33. The SMILES string of the molecule is Cc1ccccc1Oc1ccccc1NS(C)(=O)=O. The van der Waals surface area contributed by atoms with Gasteiger partial charge in [0, 0.05) is 0 Å². The Kier molecular flexibility index (Phi) is 3.76. The van der Waals surface area contributed by atoms with Gasteiger partial charge in [-0.25, -0.2) is 8.42 Å². The molecule has 0 radical (unpaired) electrons. The first-order valence-electron chi connectivity index (χ1n) is 5.76. The van der Waals surface area contributed by atoms with E-state index < -0.39 is 10.0 Å². The second-order valence-electron chi connectivity index (χ2n) is 4.24. The number of hydrogen-bond acceptors (Lipinski definition) is 3. The minimum Gasteiger partial charge on any atom is -0.455 e. The summed E-state index contributed by atoms with van der Waals surface area (Å²) in [6, 6.07) is 14.5. The highest BCUT2D eigenvalue weighted by Crippen LogP contribution is 2.31. The van der Waals surface area contributed by atoms with Gasteiger partial charge in [-0.15, -0.1) is 0 Å². The van der Waals surface area contributed by atoms with Crippen LogP contribution in [0.25, 0.3) is 0 Å². The maximum absolute atomic E-state index is 11.3. The Morgan fingerprint density at radius 1 is 0.947 bits per heavy atom. The molecule has 0 heterocycles. The van der Waals surface area contributed by atoms with Gasteiger partial charge in [0.2, 0.25) is 10.0 Å². The standard InChI is InChI=1S/C14H15NO3S/c1-11-7-3-5-9-13(11)18-14-10-6-4-8-12(14)15-19(2,16)17/h3-10,15H,1-2H3. The molecule has 1 N–H and O–H groups in total. The number of benzene rings is 2. The Balaban J connectivity index is 2.33. The van der Waals surface area contributed by atoms with Gasteiger partial charge in [-0.1, -0.05) is 30.3 Å². The largest absolute Gasteiger partial charge is 0.455 e. The Morgan fingerprint density at radius 2 is 1.53 bits per heavy atom. The summed E-state index contributed by atoms with van der Waals surface area (Å²) in [5.41, 5.74) is 1.41. The van der Waals surface area contributed by atoms with Crippen molar-refractivity contribution in [1.29, 1.82) is 0 Å². The number of hydrogen-bond donors (Lipinski definition) is 1. The zero-order valence-electron chi connectivity index (χ0n) is 10.8. The molecule has 0 amide bonds. The zero-order valence-corrected chi connectivity index (χ0v) is 11.6. The first kappa shape index (κ1) is 13.4. The van der Waals surface area contributed by atoms with E-state index in [2.05, 4.69) is 4.72 Å². The van der Waals surface area contributed by atoms with Crippen LogP contribution in [0.1, 0.15) is 5.56 Å². The summed E-state index contributed by atoms with van der Waals surface area (Å²) in [4.78, 5) is 0. The highest BCUT2D eigenvalue weighted by molar-refractivity contribution is 7.92. The van der Waals surface area contributed by atoms with Crippen molar-refractivity contribution >= 4 is 15.7 Å². The summed E-state index contributed by atoms with van der Waals surface area (Å²) < 4.78 is 30.8. The monoisotopic (exact) mass is 277 g/mol. The molecule has 0 spiro atoms. The first-order chi connectivity index (χ1) is 8.96. The average molecular weight is 277 g/mol. The Hall–Kier alpha value is -2.01. The molecule has 100 valence electrons. The molecular formula is C14H15NO3S. The van der Waals surface area contributed by atoms with Gasteiger partial charge in [-0.2, -0.15) is 0 Å². The van der Waals surface area contributed by atoms with Gasteiger partial charge >= 0.3 is 0 Å². The third-order valence-corrected chi connectivity index (χ3v) is 3.09. The fraction of sp³-hybridized carbons (Fsp3) is 0.143. The van der Waals surface area contributed by atoms with E-state index >= 15 is 0 Å². The van der Waals surface area contributed by atoms with E-state index in [0.29, 0.717) is 17.2 Å². The smallest absolute Gasteiger partial charge is 0.229 e. The van der Waals surface area contributed by atoms with E-state index in [4.69, 9.17) is 4.74 Å². The van der Waals surface area contributed by atoms with Crippen LogP contribution in [0.2, 0.25) is 0 Å². The van der Waals surface area contributed by atoms with Gasteiger partial charge in [-0.3, -0.25) is 4.72 Å². The summed E-state index contributed by atoms with van der Waals surface area (Å²) in [5.74, 6) is 1.17. The summed E-state index contributed by atoms with van der Waals surface area (Å²) in [6.45, 7) is 1.93. The molecular weight excluding hydrogens is 262 g/mol. The summed E-state index contributed by atoms with van der Waals surface area (Å²) in [6.07, 6.45) is 1.11. The van der Waals surface area contributed by atoms with E-state index in [1.165, 1.54) is 0 Å². The van der Waals surface area contributed by atoms with Gasteiger partial charge in [0.1, 0.15) is 5.75 Å². The van der Waals surface area contributed by atoms with Crippen LogP contribution in [0.15, 0.2) is 48.5 Å². The van der Waals surface area contributed by atoms with Crippen molar-refractivity contribution < 1.29 is 13.2 Å². The molecule has 0 aromatic heterocycles. The normalized spacial score (nSPS) is 11.1. The summed E-state index contributed by atoms with van der Waals surface area (Å²) in [5, 5.41) is 0. The second kappa shape index (κ2) is 5.32. The van der Waals surface area contributed by atoms with E-state index in [1.54, 1.807) is 24.3 Å². The van der Waals surface area contributed by atoms with E-state index in [1.807, 2.05) is 31.2 Å². The Bertz CT molecular complexity index is 681. The van der Waals surface area contributed by atoms with Crippen LogP contribution in [-0.2, 0) is 10.0 Å². The number of ether oxygens (including phenoxy) is 1. The number of aryl methyl sites for hydroxylation is 1. The molecule has 4 nitrogen and oxygen atoms in total. The fourth-order valence-corrected chi connectivity index (χ4v) is 2.20. The zero-order chi connectivity index (χ0) is 13.9. The quantitative estimate of drug-likeness (QED) is 0.934. The lowest BCUT2D eigenvalue weighted by molar-refractivity contribution is 0.481. The predicted molar refractivity (Wildman–Crippen MR) is 76.2 cm³/mol. The molecule has 0 unspecified atom stereocenters. The molecule has 0 fully saturated rings. The van der Waals surface area contributed by atoms with Crippen molar-refractivity contribution in [3.05, 3.63) is 54.1 Å². The van der Waals surface area contributed by atoms with Gasteiger partial charge in [0.15, 0.2) is 5.75 Å². The molecule has 0 saturated heterocycles. The van der Waals surface area contributed by atoms with Crippen LogP contribution in [0, 0.1) is 6.92 Å². The van der Waals surface area contributed by atoms with Gasteiger partial charge in [-0.05, 0) is 30.7 Å². The average Bonchev–Trinajstić information content (AvgIpc) is 2.33. The second-order valence-corrected chi connectivity index (χ2v) is 5.99. The summed E-state index contributed by atoms with van der Waals surface area (Å²) >= 11 is 0. The number of para-hydroxylation sites is 3. The lowest BCUT2D eigenvalue weighted by Crippen LogP contribution is -2.10. The van der Waals surface area contributed by atoms with Crippen LogP contribution >= 0.6 is 0 Å². The van der Waals surface area contributed by atoms with E-state index in [9.17, 15) is 8.42 Å². The van der Waals surface area contributed by atoms with E-state index in [-0.39, 0.29) is 0 Å². The van der Waals surface area contributed by atoms with Crippen molar-refractivity contribution in [3.63, 3.8) is 0 Å². The minimum absolute atomic E-state index is 0.424. The fourth-order valence-electron chi connectivity index (χ4n) is 1.63. The molecule has 0 aliphatic carbocycles. The van der Waals surface area contributed by atoms with Crippen LogP contribution in [0.3, 0.4) is 0 Å². The van der Waals surface area contributed by atoms with Crippen molar-refractivity contribution in [3.8, 4) is 11.5 Å². The molecule has 2 rings (SSSR count). The highest BCUT2D eigenvalue weighted by Gasteiger charge is 2.09. The molecule has 0 bridgehead atoms. The summed E-state index contributed by atoms with van der Waals surface area (Å²) in [7, 11) is -3.33. The number of rotatable bonds is 4. The molecule has 0 saturated carbocycles. The van der Waals surface area contributed by atoms with E-state index in [0.717, 1.165) is 11.8 Å². The van der Waals surface area contributed by atoms with Crippen molar-refractivity contribution in [2.24, 2.45) is 0 Å². The highest BCUT2D eigenvalue weighted by atomic mass is 32.2. The lowest BCUT2D eigenvalue weighted by Gasteiger charge is -2.13. The molecule has 0 aliphatic heterocycles. The van der Waals surface area contributed by atoms with Crippen LogP contribution in [-0.4, -0.2) is 14.7 Å².